The van der Waals surface area contributed by atoms with Crippen molar-refractivity contribution in [2.24, 2.45) is 0 Å². The predicted octanol–water partition coefficient (Wildman–Crippen LogP) is 4.09. The molecule has 3 heteroatoms. The zero-order chi connectivity index (χ0) is 12.8. The van der Waals surface area contributed by atoms with Crippen LogP contribution in [0.25, 0.3) is 0 Å². The summed E-state index contributed by atoms with van der Waals surface area (Å²) in [4.78, 5) is 0. The van der Waals surface area contributed by atoms with Crippen molar-refractivity contribution in [1.29, 1.82) is 0 Å². The SMILES string of the molecule is C=CCSCCNC1CC(c2ccc(Cl)cc2)C1. The van der Waals surface area contributed by atoms with Crippen molar-refractivity contribution < 1.29 is 0 Å². The monoisotopic (exact) mass is 281 g/mol. The summed E-state index contributed by atoms with van der Waals surface area (Å²) in [6, 6.07) is 8.99. The van der Waals surface area contributed by atoms with Crippen molar-refractivity contribution in [3.63, 3.8) is 0 Å². The minimum absolute atomic E-state index is 0.704. The number of nitrogens with one attached hydrogen (secondary N) is 1. The maximum Gasteiger partial charge on any atom is 0.0406 e. The quantitative estimate of drug-likeness (QED) is 0.597. The van der Waals surface area contributed by atoms with E-state index in [0.717, 1.165) is 23.2 Å². The Morgan fingerprint density at radius 3 is 2.72 bits per heavy atom. The topological polar surface area (TPSA) is 12.0 Å². The van der Waals surface area contributed by atoms with Crippen molar-refractivity contribution >= 4 is 23.4 Å². The highest BCUT2D eigenvalue weighted by Crippen LogP contribution is 2.37. The first-order valence-corrected chi connectivity index (χ1v) is 8.00. The molecule has 1 aromatic rings. The molecule has 0 heterocycles. The van der Waals surface area contributed by atoms with Gasteiger partial charge in [0.1, 0.15) is 0 Å². The number of hydrogen-bond acceptors (Lipinski definition) is 2. The Labute approximate surface area is 119 Å². The van der Waals surface area contributed by atoms with Gasteiger partial charge in [-0.25, -0.2) is 0 Å². The average molecular weight is 282 g/mol. The van der Waals surface area contributed by atoms with Gasteiger partial charge in [-0.05, 0) is 36.5 Å². The van der Waals surface area contributed by atoms with E-state index in [2.05, 4.69) is 24.0 Å². The summed E-state index contributed by atoms with van der Waals surface area (Å²) in [6.45, 7) is 4.83. The molecule has 0 unspecified atom stereocenters. The van der Waals surface area contributed by atoms with Gasteiger partial charge in [-0.1, -0.05) is 29.8 Å². The van der Waals surface area contributed by atoms with Gasteiger partial charge in [0.05, 0.1) is 0 Å². The predicted molar refractivity (Wildman–Crippen MR) is 82.7 cm³/mol. The van der Waals surface area contributed by atoms with Crippen molar-refractivity contribution in [1.82, 2.24) is 5.32 Å². The summed E-state index contributed by atoms with van der Waals surface area (Å²) in [6.07, 6.45) is 4.48. The molecule has 1 aromatic carbocycles. The van der Waals surface area contributed by atoms with Crippen LogP contribution in [0.5, 0.6) is 0 Å². The Morgan fingerprint density at radius 1 is 1.33 bits per heavy atom. The molecule has 0 saturated heterocycles. The molecular weight excluding hydrogens is 262 g/mol. The fourth-order valence-corrected chi connectivity index (χ4v) is 3.02. The summed E-state index contributed by atoms with van der Waals surface area (Å²) in [5, 5.41) is 4.43. The first kappa shape index (κ1) is 14.0. The molecule has 0 atom stereocenters. The van der Waals surface area contributed by atoms with Crippen LogP contribution in [0, 0.1) is 0 Å². The smallest absolute Gasteiger partial charge is 0.0406 e. The van der Waals surface area contributed by atoms with E-state index < -0.39 is 0 Å². The Morgan fingerprint density at radius 2 is 2.06 bits per heavy atom. The summed E-state index contributed by atoms with van der Waals surface area (Å²) >= 11 is 7.83. The van der Waals surface area contributed by atoms with Gasteiger partial charge in [0, 0.05) is 29.1 Å². The number of rotatable bonds is 7. The Kier molecular flexibility index (Phi) is 5.61. The van der Waals surface area contributed by atoms with E-state index in [1.165, 1.54) is 24.2 Å². The van der Waals surface area contributed by atoms with Gasteiger partial charge in [0.15, 0.2) is 0 Å². The van der Waals surface area contributed by atoms with Crippen molar-refractivity contribution in [3.8, 4) is 0 Å². The molecule has 0 bridgehead atoms. The molecule has 0 aliphatic heterocycles. The molecule has 1 aliphatic rings. The normalized spacial score (nSPS) is 22.5. The molecular formula is C15H20ClNS. The van der Waals surface area contributed by atoms with Crippen LogP contribution in [0.4, 0.5) is 0 Å². The van der Waals surface area contributed by atoms with Crippen LogP contribution >= 0.6 is 23.4 Å². The van der Waals surface area contributed by atoms with Gasteiger partial charge in [0.2, 0.25) is 0 Å². The molecule has 0 amide bonds. The van der Waals surface area contributed by atoms with Gasteiger partial charge in [-0.15, -0.1) is 6.58 Å². The minimum atomic E-state index is 0.704. The molecule has 1 nitrogen and oxygen atoms in total. The Balaban J connectivity index is 1.62. The average Bonchev–Trinajstić information content (AvgIpc) is 2.33. The molecule has 18 heavy (non-hydrogen) atoms. The lowest BCUT2D eigenvalue weighted by atomic mass is 9.76. The van der Waals surface area contributed by atoms with E-state index >= 15 is 0 Å². The van der Waals surface area contributed by atoms with Gasteiger partial charge >= 0.3 is 0 Å². The molecule has 2 rings (SSSR count). The van der Waals surface area contributed by atoms with Crippen molar-refractivity contribution in [2.75, 3.05) is 18.1 Å². The molecule has 1 fully saturated rings. The molecule has 1 saturated carbocycles. The number of halogens is 1. The zero-order valence-corrected chi connectivity index (χ0v) is 12.1. The fourth-order valence-electron chi connectivity index (χ4n) is 2.29. The second-order valence-electron chi connectivity index (χ2n) is 4.73. The molecule has 0 aromatic heterocycles. The summed E-state index contributed by atoms with van der Waals surface area (Å²) < 4.78 is 0. The summed E-state index contributed by atoms with van der Waals surface area (Å²) in [5.74, 6) is 2.95. The van der Waals surface area contributed by atoms with Crippen LogP contribution in [-0.4, -0.2) is 24.1 Å². The van der Waals surface area contributed by atoms with Crippen molar-refractivity contribution in [3.05, 3.63) is 47.5 Å². The minimum Gasteiger partial charge on any atom is -0.313 e. The largest absolute Gasteiger partial charge is 0.313 e. The highest BCUT2D eigenvalue weighted by Gasteiger charge is 2.29. The first-order chi connectivity index (χ1) is 8.79. The molecule has 0 spiro atoms. The fraction of sp³-hybridized carbons (Fsp3) is 0.467. The summed E-state index contributed by atoms with van der Waals surface area (Å²) in [7, 11) is 0. The third kappa shape index (κ3) is 4.04. The van der Waals surface area contributed by atoms with Crippen LogP contribution in [0.2, 0.25) is 5.02 Å². The first-order valence-electron chi connectivity index (χ1n) is 6.47. The highest BCUT2D eigenvalue weighted by atomic mass is 35.5. The number of thioether (sulfide) groups is 1. The van der Waals surface area contributed by atoms with Gasteiger partial charge < -0.3 is 5.32 Å². The van der Waals surface area contributed by atoms with Crippen LogP contribution in [0.15, 0.2) is 36.9 Å². The number of hydrogen-bond donors (Lipinski definition) is 1. The maximum atomic E-state index is 5.89. The highest BCUT2D eigenvalue weighted by molar-refractivity contribution is 7.99. The third-order valence-electron chi connectivity index (χ3n) is 3.39. The van der Waals surface area contributed by atoms with Crippen molar-refractivity contribution in [2.45, 2.75) is 24.8 Å². The van der Waals surface area contributed by atoms with Crippen LogP contribution in [0.1, 0.15) is 24.3 Å². The molecule has 1 N–H and O–H groups in total. The molecule has 1 aliphatic carbocycles. The zero-order valence-electron chi connectivity index (χ0n) is 10.6. The number of benzene rings is 1. The second-order valence-corrected chi connectivity index (χ2v) is 6.32. The maximum absolute atomic E-state index is 5.89. The van der Waals surface area contributed by atoms with Crippen LogP contribution in [-0.2, 0) is 0 Å². The van der Waals surface area contributed by atoms with E-state index in [1.54, 1.807) is 0 Å². The Hall–Kier alpha value is -0.440. The van der Waals surface area contributed by atoms with Crippen LogP contribution < -0.4 is 5.32 Å². The summed E-state index contributed by atoms with van der Waals surface area (Å²) in [5.41, 5.74) is 1.43. The van der Waals surface area contributed by atoms with E-state index in [-0.39, 0.29) is 0 Å². The Bertz CT molecular complexity index is 371. The lowest BCUT2D eigenvalue weighted by Gasteiger charge is -2.36. The van der Waals surface area contributed by atoms with Gasteiger partial charge in [-0.2, -0.15) is 11.8 Å². The van der Waals surface area contributed by atoms with E-state index in [1.807, 2.05) is 30.0 Å². The lowest BCUT2D eigenvalue weighted by molar-refractivity contribution is 0.296. The third-order valence-corrected chi connectivity index (χ3v) is 4.61. The molecule has 0 radical (unpaired) electrons. The van der Waals surface area contributed by atoms with Gasteiger partial charge in [0.25, 0.3) is 0 Å². The van der Waals surface area contributed by atoms with E-state index in [0.29, 0.717) is 6.04 Å². The second kappa shape index (κ2) is 7.22. The van der Waals surface area contributed by atoms with E-state index in [9.17, 15) is 0 Å². The molecule has 98 valence electrons. The van der Waals surface area contributed by atoms with Gasteiger partial charge in [-0.3, -0.25) is 0 Å². The van der Waals surface area contributed by atoms with Crippen LogP contribution in [0.3, 0.4) is 0 Å². The van der Waals surface area contributed by atoms with E-state index in [4.69, 9.17) is 11.6 Å². The standard InChI is InChI=1S/C15H20ClNS/c1-2-8-18-9-7-17-15-10-13(11-15)12-3-5-14(16)6-4-12/h2-6,13,15,17H,1,7-11H2. The lowest BCUT2D eigenvalue weighted by Crippen LogP contribution is -2.41.